The summed E-state index contributed by atoms with van der Waals surface area (Å²) in [6.45, 7) is 2.33. The third-order valence-corrected chi connectivity index (χ3v) is 4.35. The van der Waals surface area contributed by atoms with Crippen LogP contribution < -0.4 is 10.1 Å². The van der Waals surface area contributed by atoms with Crippen molar-refractivity contribution in [3.63, 3.8) is 0 Å². The molecule has 1 unspecified atom stereocenters. The number of benzene rings is 1. The molecule has 1 aliphatic carbocycles. The van der Waals surface area contributed by atoms with E-state index < -0.39 is 0 Å². The number of hydrogen-bond donors (Lipinski definition) is 1. The fourth-order valence-corrected chi connectivity index (χ4v) is 2.95. The first-order valence-corrected chi connectivity index (χ1v) is 8.06. The first kappa shape index (κ1) is 14.2. The molecule has 1 aromatic carbocycles. The van der Waals surface area contributed by atoms with Crippen molar-refractivity contribution in [1.82, 2.24) is 9.97 Å². The van der Waals surface area contributed by atoms with E-state index in [1.807, 2.05) is 37.3 Å². The van der Waals surface area contributed by atoms with Crippen LogP contribution in [0.25, 0.3) is 0 Å². The van der Waals surface area contributed by atoms with Crippen LogP contribution in [0.4, 0.5) is 5.95 Å². The van der Waals surface area contributed by atoms with Gasteiger partial charge in [-0.1, -0.05) is 18.2 Å². The molecule has 1 aliphatic heterocycles. The number of nitrogens with one attached hydrogen (secondary N) is 1. The van der Waals surface area contributed by atoms with E-state index in [1.54, 1.807) is 0 Å². The Balaban J connectivity index is 1.48. The molecule has 0 spiro atoms. The lowest BCUT2D eigenvalue weighted by molar-refractivity contribution is -0.121. The van der Waals surface area contributed by atoms with Crippen molar-refractivity contribution in [1.29, 1.82) is 0 Å². The first-order valence-electron chi connectivity index (χ1n) is 8.06. The summed E-state index contributed by atoms with van der Waals surface area (Å²) < 4.78 is 5.69. The van der Waals surface area contributed by atoms with Gasteiger partial charge >= 0.3 is 0 Å². The van der Waals surface area contributed by atoms with Crippen LogP contribution in [0.5, 0.6) is 5.75 Å². The lowest BCUT2D eigenvalue weighted by Crippen LogP contribution is -2.33. The zero-order chi connectivity index (χ0) is 15.8. The van der Waals surface area contributed by atoms with Crippen LogP contribution >= 0.6 is 0 Å². The Morgan fingerprint density at radius 1 is 1.26 bits per heavy atom. The van der Waals surface area contributed by atoms with Crippen molar-refractivity contribution in [2.75, 3.05) is 11.9 Å². The van der Waals surface area contributed by atoms with E-state index in [-0.39, 0.29) is 11.8 Å². The zero-order valence-corrected chi connectivity index (χ0v) is 13.1. The highest BCUT2D eigenvalue weighted by Gasteiger charge is 2.28. The average molecular weight is 309 g/mol. The second-order valence-corrected chi connectivity index (χ2v) is 6.34. The molecule has 2 aromatic rings. The molecule has 1 fully saturated rings. The van der Waals surface area contributed by atoms with E-state index in [0.717, 1.165) is 22.7 Å². The summed E-state index contributed by atoms with van der Waals surface area (Å²) in [5.41, 5.74) is 3.00. The Hall–Kier alpha value is -2.43. The summed E-state index contributed by atoms with van der Waals surface area (Å²) in [5.74, 6) is 1.54. The van der Waals surface area contributed by atoms with Crippen molar-refractivity contribution in [2.45, 2.75) is 32.1 Å². The summed E-state index contributed by atoms with van der Waals surface area (Å²) >= 11 is 0. The van der Waals surface area contributed by atoms with Crippen molar-refractivity contribution < 1.29 is 9.53 Å². The molecule has 23 heavy (non-hydrogen) atoms. The topological polar surface area (TPSA) is 64.1 Å². The van der Waals surface area contributed by atoms with Crippen molar-refractivity contribution in [3.8, 4) is 5.75 Å². The van der Waals surface area contributed by atoms with Crippen LogP contribution in [0.2, 0.25) is 0 Å². The van der Waals surface area contributed by atoms with E-state index in [0.29, 0.717) is 24.9 Å². The molecule has 2 aliphatic rings. The van der Waals surface area contributed by atoms with Gasteiger partial charge in [0.15, 0.2) is 0 Å². The smallest absolute Gasteiger partial charge is 0.233 e. The number of fused-ring (bicyclic) bond motifs is 1. The fraction of sp³-hybridized carbons (Fsp3) is 0.389. The molecule has 1 amide bonds. The van der Waals surface area contributed by atoms with Crippen molar-refractivity contribution in [2.24, 2.45) is 5.92 Å². The second-order valence-electron chi connectivity index (χ2n) is 6.34. The largest absolute Gasteiger partial charge is 0.492 e. The molecule has 1 N–H and O–H groups in total. The standard InChI is InChI=1S/C18H19N3O2/c1-11-8-15(12-6-7-12)20-18(19-11)21-17(22)14-9-13-4-2-3-5-16(13)23-10-14/h2-5,8,12,14H,6-7,9-10H2,1H3,(H,19,20,21,22). The number of amides is 1. The maximum atomic E-state index is 12.5. The lowest BCUT2D eigenvalue weighted by Gasteiger charge is -2.24. The minimum atomic E-state index is -0.210. The van der Waals surface area contributed by atoms with Gasteiger partial charge in [-0.05, 0) is 43.9 Å². The second kappa shape index (κ2) is 5.65. The summed E-state index contributed by atoms with van der Waals surface area (Å²) in [6, 6.07) is 9.86. The zero-order valence-electron chi connectivity index (χ0n) is 13.1. The highest BCUT2D eigenvalue weighted by molar-refractivity contribution is 5.91. The highest BCUT2D eigenvalue weighted by atomic mass is 16.5. The van der Waals surface area contributed by atoms with Gasteiger partial charge in [0.2, 0.25) is 11.9 Å². The monoisotopic (exact) mass is 309 g/mol. The Kier molecular flexibility index (Phi) is 3.48. The van der Waals surface area contributed by atoms with Crippen molar-refractivity contribution >= 4 is 11.9 Å². The van der Waals surface area contributed by atoms with Gasteiger partial charge < -0.3 is 4.74 Å². The van der Waals surface area contributed by atoms with Crippen LogP contribution in [0, 0.1) is 12.8 Å². The summed E-state index contributed by atoms with van der Waals surface area (Å²) in [6.07, 6.45) is 3.04. The van der Waals surface area contributed by atoms with Crippen LogP contribution in [0.3, 0.4) is 0 Å². The molecule has 0 saturated heterocycles. The molecule has 1 atom stereocenters. The molecule has 1 aromatic heterocycles. The van der Waals surface area contributed by atoms with Gasteiger partial charge in [0.05, 0.1) is 5.92 Å². The number of aryl methyl sites for hydroxylation is 1. The molecular formula is C18H19N3O2. The predicted octanol–water partition coefficient (Wildman–Crippen LogP) is 2.85. The molecule has 0 radical (unpaired) electrons. The lowest BCUT2D eigenvalue weighted by atomic mass is 9.96. The maximum absolute atomic E-state index is 12.5. The molecule has 5 heteroatoms. The number of carbonyl (C=O) groups is 1. The quantitative estimate of drug-likeness (QED) is 0.947. The van der Waals surface area contributed by atoms with Gasteiger partial charge in [0.1, 0.15) is 12.4 Å². The van der Waals surface area contributed by atoms with Gasteiger partial charge in [0, 0.05) is 17.3 Å². The maximum Gasteiger partial charge on any atom is 0.233 e. The SMILES string of the molecule is Cc1cc(C2CC2)nc(NC(=O)C2COc3ccccc3C2)n1. The van der Waals surface area contributed by atoms with E-state index in [2.05, 4.69) is 15.3 Å². The van der Waals surface area contributed by atoms with E-state index in [4.69, 9.17) is 4.74 Å². The fourth-order valence-electron chi connectivity index (χ4n) is 2.95. The number of carbonyl (C=O) groups excluding carboxylic acids is 1. The van der Waals surface area contributed by atoms with Gasteiger partial charge in [-0.2, -0.15) is 0 Å². The number of ether oxygens (including phenoxy) is 1. The molecule has 2 heterocycles. The Labute approximate surface area is 135 Å². The highest BCUT2D eigenvalue weighted by Crippen LogP contribution is 2.39. The van der Waals surface area contributed by atoms with Crippen LogP contribution in [-0.2, 0) is 11.2 Å². The van der Waals surface area contributed by atoms with E-state index in [9.17, 15) is 4.79 Å². The third kappa shape index (κ3) is 3.04. The van der Waals surface area contributed by atoms with Crippen LogP contribution in [-0.4, -0.2) is 22.5 Å². The molecule has 5 nitrogen and oxygen atoms in total. The van der Waals surface area contributed by atoms with Gasteiger partial charge in [0.25, 0.3) is 0 Å². The van der Waals surface area contributed by atoms with Gasteiger partial charge in [-0.3, -0.25) is 10.1 Å². The first-order chi connectivity index (χ1) is 11.2. The Morgan fingerprint density at radius 2 is 2.09 bits per heavy atom. The molecule has 4 rings (SSSR count). The van der Waals surface area contributed by atoms with E-state index in [1.165, 1.54) is 12.8 Å². The molecule has 1 saturated carbocycles. The minimum Gasteiger partial charge on any atom is -0.492 e. The summed E-state index contributed by atoms with van der Waals surface area (Å²) in [5, 5.41) is 2.87. The average Bonchev–Trinajstić information content (AvgIpc) is 3.38. The summed E-state index contributed by atoms with van der Waals surface area (Å²) in [7, 11) is 0. The van der Waals surface area contributed by atoms with E-state index >= 15 is 0 Å². The Morgan fingerprint density at radius 3 is 2.91 bits per heavy atom. The third-order valence-electron chi connectivity index (χ3n) is 4.35. The number of hydrogen-bond acceptors (Lipinski definition) is 4. The van der Waals surface area contributed by atoms with Crippen LogP contribution in [0.15, 0.2) is 30.3 Å². The van der Waals surface area contributed by atoms with Crippen LogP contribution in [0.1, 0.15) is 35.7 Å². The summed E-state index contributed by atoms with van der Waals surface area (Å²) in [4.78, 5) is 21.3. The Bertz CT molecular complexity index is 756. The molecule has 118 valence electrons. The number of rotatable bonds is 3. The van der Waals surface area contributed by atoms with Crippen molar-refractivity contribution in [3.05, 3.63) is 47.3 Å². The number of para-hydroxylation sites is 1. The number of nitrogens with zero attached hydrogens (tertiary/aromatic N) is 2. The van der Waals surface area contributed by atoms with Gasteiger partial charge in [-0.25, -0.2) is 9.97 Å². The normalized spacial score (nSPS) is 19.6. The molecule has 0 bridgehead atoms. The van der Waals surface area contributed by atoms with Gasteiger partial charge in [-0.15, -0.1) is 0 Å². The number of aromatic nitrogens is 2. The predicted molar refractivity (Wildman–Crippen MR) is 86.5 cm³/mol. The number of anilines is 1. The molecular weight excluding hydrogens is 290 g/mol. The minimum absolute atomic E-state index is 0.0770.